The maximum absolute atomic E-state index is 5.64. The van der Waals surface area contributed by atoms with Gasteiger partial charge in [0.25, 0.3) is 0 Å². The van der Waals surface area contributed by atoms with E-state index in [4.69, 9.17) is 4.74 Å². The van der Waals surface area contributed by atoms with Crippen LogP contribution < -0.4 is 5.32 Å². The molecule has 100 valence electrons. The van der Waals surface area contributed by atoms with Gasteiger partial charge in [-0.3, -0.25) is 0 Å². The third-order valence-corrected chi connectivity index (χ3v) is 3.94. The highest BCUT2D eigenvalue weighted by molar-refractivity contribution is 9.10. The van der Waals surface area contributed by atoms with Crippen molar-refractivity contribution in [3.63, 3.8) is 0 Å². The largest absolute Gasteiger partial charge is 0.383 e. The van der Waals surface area contributed by atoms with Crippen LogP contribution in [0.3, 0.4) is 0 Å². The highest BCUT2D eigenvalue weighted by atomic mass is 79.9. The monoisotopic (exact) mass is 383 g/mol. The fraction of sp³-hybridized carbons (Fsp3) is 0.200. The first-order valence-electron chi connectivity index (χ1n) is 6.06. The number of rotatable bonds is 6. The van der Waals surface area contributed by atoms with Crippen molar-refractivity contribution < 1.29 is 4.74 Å². The van der Waals surface area contributed by atoms with Crippen molar-refractivity contribution in [2.45, 2.75) is 6.61 Å². The van der Waals surface area contributed by atoms with Crippen LogP contribution in [0.1, 0.15) is 5.56 Å². The van der Waals surface area contributed by atoms with E-state index in [-0.39, 0.29) is 0 Å². The number of benzene rings is 2. The van der Waals surface area contributed by atoms with Crippen LogP contribution >= 0.6 is 31.9 Å². The average molecular weight is 385 g/mol. The Morgan fingerprint density at radius 3 is 2.42 bits per heavy atom. The maximum Gasteiger partial charge on any atom is 0.0728 e. The van der Waals surface area contributed by atoms with E-state index >= 15 is 0 Å². The molecule has 1 N–H and O–H groups in total. The van der Waals surface area contributed by atoms with Crippen molar-refractivity contribution in [2.75, 3.05) is 18.5 Å². The zero-order valence-electron chi connectivity index (χ0n) is 10.4. The molecule has 4 heteroatoms. The van der Waals surface area contributed by atoms with Gasteiger partial charge in [-0.05, 0) is 35.9 Å². The molecule has 19 heavy (non-hydrogen) atoms. The van der Waals surface area contributed by atoms with Crippen molar-refractivity contribution in [1.29, 1.82) is 0 Å². The zero-order chi connectivity index (χ0) is 13.5. The summed E-state index contributed by atoms with van der Waals surface area (Å²) in [4.78, 5) is 0. The number of halogens is 2. The first-order valence-corrected chi connectivity index (χ1v) is 7.65. The molecular formula is C15H15Br2NO. The van der Waals surface area contributed by atoms with Gasteiger partial charge in [0.05, 0.1) is 13.2 Å². The minimum atomic E-state index is 0.628. The lowest BCUT2D eigenvalue weighted by Crippen LogP contribution is -2.09. The molecule has 0 amide bonds. The fourth-order valence-corrected chi connectivity index (χ4v) is 2.30. The molecule has 2 aromatic rings. The van der Waals surface area contributed by atoms with Crippen LogP contribution in [0.25, 0.3) is 0 Å². The van der Waals surface area contributed by atoms with Crippen LogP contribution in [-0.4, -0.2) is 13.2 Å². The van der Waals surface area contributed by atoms with Crippen LogP contribution in [0.15, 0.2) is 57.5 Å². The predicted octanol–water partition coefficient (Wildman–Crippen LogP) is 4.84. The molecule has 2 rings (SSSR count). The lowest BCUT2D eigenvalue weighted by Gasteiger charge is -2.08. The Hall–Kier alpha value is -0.840. The second-order valence-electron chi connectivity index (χ2n) is 4.08. The fourth-order valence-electron chi connectivity index (χ4n) is 1.63. The predicted molar refractivity (Wildman–Crippen MR) is 86.4 cm³/mol. The minimum Gasteiger partial charge on any atom is -0.383 e. The molecule has 0 saturated carbocycles. The summed E-state index contributed by atoms with van der Waals surface area (Å²) in [6.45, 7) is 2.10. The SMILES string of the molecule is Brc1ccc(NCCOCc2ccccc2Br)cc1. The molecule has 0 saturated heterocycles. The van der Waals surface area contributed by atoms with Crippen LogP contribution in [0.5, 0.6) is 0 Å². The van der Waals surface area contributed by atoms with Crippen molar-refractivity contribution >= 4 is 37.5 Å². The second-order valence-corrected chi connectivity index (χ2v) is 5.85. The summed E-state index contributed by atoms with van der Waals surface area (Å²) in [7, 11) is 0. The van der Waals surface area contributed by atoms with E-state index in [9.17, 15) is 0 Å². The smallest absolute Gasteiger partial charge is 0.0728 e. The van der Waals surface area contributed by atoms with E-state index in [2.05, 4.69) is 43.2 Å². The normalized spacial score (nSPS) is 10.4. The number of anilines is 1. The van der Waals surface area contributed by atoms with Gasteiger partial charge >= 0.3 is 0 Å². The number of hydrogen-bond acceptors (Lipinski definition) is 2. The molecule has 0 aliphatic heterocycles. The molecular weight excluding hydrogens is 370 g/mol. The molecule has 0 aliphatic carbocycles. The Balaban J connectivity index is 1.67. The number of nitrogens with one attached hydrogen (secondary N) is 1. The van der Waals surface area contributed by atoms with E-state index < -0.39 is 0 Å². The molecule has 0 aromatic heterocycles. The van der Waals surface area contributed by atoms with Gasteiger partial charge in [-0.2, -0.15) is 0 Å². The van der Waals surface area contributed by atoms with Gasteiger partial charge in [-0.1, -0.05) is 50.1 Å². The van der Waals surface area contributed by atoms with Gasteiger partial charge in [0.2, 0.25) is 0 Å². The Labute approximate surface area is 130 Å². The summed E-state index contributed by atoms with van der Waals surface area (Å²) >= 11 is 6.92. The summed E-state index contributed by atoms with van der Waals surface area (Å²) in [5.74, 6) is 0. The van der Waals surface area contributed by atoms with Crippen LogP contribution in [0.2, 0.25) is 0 Å². The van der Waals surface area contributed by atoms with Gasteiger partial charge < -0.3 is 10.1 Å². The van der Waals surface area contributed by atoms with E-state index in [1.165, 1.54) is 5.56 Å². The molecule has 0 aliphatic rings. The molecule has 0 heterocycles. The molecule has 0 fully saturated rings. The highest BCUT2D eigenvalue weighted by Crippen LogP contribution is 2.16. The summed E-state index contributed by atoms with van der Waals surface area (Å²) in [5, 5.41) is 3.32. The first kappa shape index (κ1) is 14.6. The van der Waals surface area contributed by atoms with Crippen LogP contribution in [0.4, 0.5) is 5.69 Å². The Kier molecular flexibility index (Phi) is 5.89. The molecule has 2 nitrogen and oxygen atoms in total. The summed E-state index contributed by atoms with van der Waals surface area (Å²) in [6, 6.07) is 16.2. The Morgan fingerprint density at radius 2 is 1.68 bits per heavy atom. The van der Waals surface area contributed by atoms with Crippen molar-refractivity contribution in [2.24, 2.45) is 0 Å². The molecule has 0 spiro atoms. The minimum absolute atomic E-state index is 0.628. The van der Waals surface area contributed by atoms with Crippen molar-refractivity contribution in [3.8, 4) is 0 Å². The summed E-state index contributed by atoms with van der Waals surface area (Å²) in [6.07, 6.45) is 0. The number of ether oxygens (including phenoxy) is 1. The van der Waals surface area contributed by atoms with Gasteiger partial charge in [-0.15, -0.1) is 0 Å². The van der Waals surface area contributed by atoms with Gasteiger partial charge in [0, 0.05) is 21.2 Å². The maximum atomic E-state index is 5.64. The van der Waals surface area contributed by atoms with E-state index in [1.807, 2.05) is 42.5 Å². The Morgan fingerprint density at radius 1 is 0.947 bits per heavy atom. The van der Waals surface area contributed by atoms with Crippen LogP contribution in [-0.2, 0) is 11.3 Å². The average Bonchev–Trinajstić information content (AvgIpc) is 2.42. The van der Waals surface area contributed by atoms with Gasteiger partial charge in [-0.25, -0.2) is 0 Å². The van der Waals surface area contributed by atoms with E-state index in [1.54, 1.807) is 0 Å². The molecule has 0 radical (unpaired) electrons. The lowest BCUT2D eigenvalue weighted by atomic mass is 10.2. The molecule has 0 unspecified atom stereocenters. The van der Waals surface area contributed by atoms with E-state index in [0.29, 0.717) is 13.2 Å². The molecule has 0 bridgehead atoms. The van der Waals surface area contributed by atoms with Crippen molar-refractivity contribution in [3.05, 3.63) is 63.0 Å². The Bertz CT molecular complexity index is 514. The van der Waals surface area contributed by atoms with Crippen molar-refractivity contribution in [1.82, 2.24) is 0 Å². The lowest BCUT2D eigenvalue weighted by molar-refractivity contribution is 0.130. The second kappa shape index (κ2) is 7.68. The molecule has 2 aromatic carbocycles. The first-order chi connectivity index (χ1) is 9.25. The van der Waals surface area contributed by atoms with E-state index in [0.717, 1.165) is 21.2 Å². The van der Waals surface area contributed by atoms with Crippen LogP contribution in [0, 0.1) is 0 Å². The third kappa shape index (κ3) is 4.97. The summed E-state index contributed by atoms with van der Waals surface area (Å²) in [5.41, 5.74) is 2.28. The number of hydrogen-bond donors (Lipinski definition) is 1. The standard InChI is InChI=1S/C15H15Br2NO/c16-13-5-7-14(8-6-13)18-9-10-19-11-12-3-1-2-4-15(12)17/h1-8,18H,9-11H2. The molecule has 0 atom stereocenters. The third-order valence-electron chi connectivity index (χ3n) is 2.64. The topological polar surface area (TPSA) is 21.3 Å². The van der Waals surface area contributed by atoms with Gasteiger partial charge in [0.1, 0.15) is 0 Å². The highest BCUT2D eigenvalue weighted by Gasteiger charge is 1.98. The quantitative estimate of drug-likeness (QED) is 0.719. The van der Waals surface area contributed by atoms with Gasteiger partial charge in [0.15, 0.2) is 0 Å². The zero-order valence-corrected chi connectivity index (χ0v) is 13.6. The summed E-state index contributed by atoms with van der Waals surface area (Å²) < 4.78 is 7.82.